The van der Waals surface area contributed by atoms with Crippen molar-refractivity contribution in [2.24, 2.45) is 0 Å². The monoisotopic (exact) mass is 395 g/mol. The Morgan fingerprint density at radius 1 is 1.08 bits per heavy atom. The number of sulfonamides is 1. The van der Waals surface area contributed by atoms with Crippen LogP contribution in [0.5, 0.6) is 5.75 Å². The predicted octanol–water partition coefficient (Wildman–Crippen LogP) is 2.07. The Balaban J connectivity index is 1.98. The fourth-order valence-corrected chi connectivity index (χ4v) is 6.53. The largest absolute Gasteiger partial charge is 0.497 e. The Hall–Kier alpha value is -1.90. The maximum Gasteiger partial charge on any atom is 0.243 e. The molecule has 0 aromatic heterocycles. The minimum Gasteiger partial charge on any atom is -0.497 e. The molecule has 0 spiro atoms. The molecule has 0 amide bonds. The minimum atomic E-state index is -3.84. The first-order valence-corrected chi connectivity index (χ1v) is 11.5. The first kappa shape index (κ1) is 18.9. The van der Waals surface area contributed by atoms with Gasteiger partial charge in [-0.2, -0.15) is 4.31 Å². The highest BCUT2D eigenvalue weighted by molar-refractivity contribution is 7.92. The molecule has 0 radical (unpaired) electrons. The summed E-state index contributed by atoms with van der Waals surface area (Å²) < 4.78 is 56.7. The molecule has 3 rings (SSSR count). The van der Waals surface area contributed by atoms with Gasteiger partial charge in [-0.3, -0.25) is 0 Å². The Labute approximate surface area is 154 Å². The van der Waals surface area contributed by atoms with Gasteiger partial charge in [-0.1, -0.05) is 30.3 Å². The van der Waals surface area contributed by atoms with Gasteiger partial charge in [-0.15, -0.1) is 0 Å². The number of sulfone groups is 1. The number of ether oxygens (including phenoxy) is 1. The van der Waals surface area contributed by atoms with Crippen molar-refractivity contribution in [2.45, 2.75) is 23.9 Å². The van der Waals surface area contributed by atoms with Crippen molar-refractivity contribution in [3.05, 3.63) is 60.2 Å². The molecule has 1 saturated heterocycles. The highest BCUT2D eigenvalue weighted by Gasteiger charge is 2.38. The van der Waals surface area contributed by atoms with Crippen molar-refractivity contribution in [1.29, 1.82) is 0 Å². The summed E-state index contributed by atoms with van der Waals surface area (Å²) in [7, 11) is -5.55. The summed E-state index contributed by atoms with van der Waals surface area (Å²) in [5, 5.41) is 0. The first-order chi connectivity index (χ1) is 12.3. The molecule has 2 aromatic rings. The summed E-state index contributed by atoms with van der Waals surface area (Å²) in [6.07, 6.45) is 0.310. The Kier molecular flexibility index (Phi) is 5.36. The molecule has 26 heavy (non-hydrogen) atoms. The van der Waals surface area contributed by atoms with E-state index in [0.717, 1.165) is 5.56 Å². The lowest BCUT2D eigenvalue weighted by molar-refractivity contribution is 0.334. The van der Waals surface area contributed by atoms with Crippen molar-refractivity contribution < 1.29 is 21.6 Å². The number of nitrogens with zero attached hydrogens (tertiary/aromatic N) is 1. The van der Waals surface area contributed by atoms with E-state index in [9.17, 15) is 16.8 Å². The maximum absolute atomic E-state index is 13.2. The number of methoxy groups -OCH3 is 1. The van der Waals surface area contributed by atoms with Gasteiger partial charge in [0.2, 0.25) is 10.0 Å². The summed E-state index contributed by atoms with van der Waals surface area (Å²) in [4.78, 5) is 0.124. The molecule has 2 aromatic carbocycles. The van der Waals surface area contributed by atoms with Crippen LogP contribution < -0.4 is 4.74 Å². The van der Waals surface area contributed by atoms with Gasteiger partial charge in [0.05, 0.1) is 23.5 Å². The van der Waals surface area contributed by atoms with E-state index in [1.54, 1.807) is 12.1 Å². The van der Waals surface area contributed by atoms with Crippen LogP contribution in [0.15, 0.2) is 59.5 Å². The van der Waals surface area contributed by atoms with Crippen LogP contribution in [0.4, 0.5) is 0 Å². The fraction of sp³-hybridized carbons (Fsp3) is 0.333. The van der Waals surface area contributed by atoms with Crippen molar-refractivity contribution >= 4 is 19.9 Å². The molecule has 1 atom stereocenters. The van der Waals surface area contributed by atoms with Gasteiger partial charge in [0.1, 0.15) is 5.75 Å². The molecule has 0 bridgehead atoms. The summed E-state index contributed by atoms with van der Waals surface area (Å²) in [5.41, 5.74) is 0.814. The molecule has 1 aliphatic heterocycles. The lowest BCUT2D eigenvalue weighted by Gasteiger charge is -2.27. The van der Waals surface area contributed by atoms with Gasteiger partial charge in [0, 0.05) is 12.6 Å². The molecule has 140 valence electrons. The molecule has 1 heterocycles. The van der Waals surface area contributed by atoms with Crippen LogP contribution in [0.3, 0.4) is 0 Å². The van der Waals surface area contributed by atoms with E-state index in [1.807, 2.05) is 30.3 Å². The third-order valence-corrected chi connectivity index (χ3v) is 8.13. The van der Waals surface area contributed by atoms with E-state index in [0.29, 0.717) is 12.2 Å². The van der Waals surface area contributed by atoms with Gasteiger partial charge >= 0.3 is 0 Å². The van der Waals surface area contributed by atoms with E-state index in [2.05, 4.69) is 0 Å². The van der Waals surface area contributed by atoms with Crippen LogP contribution in [0.25, 0.3) is 0 Å². The number of hydrogen-bond acceptors (Lipinski definition) is 5. The van der Waals surface area contributed by atoms with E-state index in [-0.39, 0.29) is 22.9 Å². The molecular formula is C18H21NO5S2. The van der Waals surface area contributed by atoms with E-state index >= 15 is 0 Å². The third-order valence-electron chi connectivity index (χ3n) is 4.46. The van der Waals surface area contributed by atoms with Crippen LogP contribution in [-0.2, 0) is 26.4 Å². The molecule has 1 aliphatic rings. The molecule has 0 saturated carbocycles. The number of benzene rings is 2. The summed E-state index contributed by atoms with van der Waals surface area (Å²) in [5.74, 6) is 0.429. The lowest BCUT2D eigenvalue weighted by Crippen LogP contribution is -2.40. The normalized spacial score (nSPS) is 19.5. The van der Waals surface area contributed by atoms with Gasteiger partial charge in [-0.25, -0.2) is 16.8 Å². The molecule has 6 nitrogen and oxygen atoms in total. The average Bonchev–Trinajstić information content (AvgIpc) is 3.00. The fourth-order valence-electron chi connectivity index (χ4n) is 3.06. The van der Waals surface area contributed by atoms with Crippen LogP contribution in [0, 0.1) is 0 Å². The molecular weight excluding hydrogens is 374 g/mol. The highest BCUT2D eigenvalue weighted by Crippen LogP contribution is 2.28. The number of rotatable bonds is 6. The Bertz CT molecular complexity index is 954. The lowest BCUT2D eigenvalue weighted by atomic mass is 10.2. The van der Waals surface area contributed by atoms with Crippen molar-refractivity contribution in [3.8, 4) is 5.75 Å². The summed E-state index contributed by atoms with van der Waals surface area (Å²) in [6.45, 7) is 0.134. The zero-order valence-corrected chi connectivity index (χ0v) is 16.0. The second-order valence-electron chi connectivity index (χ2n) is 6.27. The molecule has 0 aliphatic carbocycles. The predicted molar refractivity (Wildman–Crippen MR) is 99.2 cm³/mol. The quantitative estimate of drug-likeness (QED) is 0.748. The Morgan fingerprint density at radius 3 is 2.27 bits per heavy atom. The molecule has 0 unspecified atom stereocenters. The topological polar surface area (TPSA) is 80.8 Å². The first-order valence-electron chi connectivity index (χ1n) is 8.22. The van der Waals surface area contributed by atoms with Gasteiger partial charge in [0.25, 0.3) is 0 Å². The van der Waals surface area contributed by atoms with Gasteiger partial charge in [-0.05, 0) is 36.2 Å². The summed E-state index contributed by atoms with van der Waals surface area (Å²) >= 11 is 0. The van der Waals surface area contributed by atoms with Crippen LogP contribution in [0.1, 0.15) is 12.0 Å². The highest BCUT2D eigenvalue weighted by atomic mass is 32.2. The van der Waals surface area contributed by atoms with Gasteiger partial charge in [0.15, 0.2) is 9.84 Å². The van der Waals surface area contributed by atoms with Crippen LogP contribution in [0.2, 0.25) is 0 Å². The smallest absolute Gasteiger partial charge is 0.243 e. The van der Waals surface area contributed by atoms with Crippen LogP contribution >= 0.6 is 0 Å². The van der Waals surface area contributed by atoms with E-state index in [4.69, 9.17) is 4.74 Å². The second kappa shape index (κ2) is 7.38. The van der Waals surface area contributed by atoms with Crippen molar-refractivity contribution in [3.63, 3.8) is 0 Å². The SMILES string of the molecule is COc1ccc(S(=O)(=O)N(Cc2ccccc2)[C@@H]2CCS(=O)(=O)C2)cc1. The average molecular weight is 396 g/mol. The van der Waals surface area contributed by atoms with Crippen molar-refractivity contribution in [2.75, 3.05) is 18.6 Å². The Morgan fingerprint density at radius 2 is 1.73 bits per heavy atom. The molecule has 0 N–H and O–H groups in total. The summed E-state index contributed by atoms with van der Waals surface area (Å²) in [6, 6.07) is 14.7. The van der Waals surface area contributed by atoms with Crippen molar-refractivity contribution in [1.82, 2.24) is 4.31 Å². The second-order valence-corrected chi connectivity index (χ2v) is 10.4. The zero-order valence-electron chi connectivity index (χ0n) is 14.4. The van der Waals surface area contributed by atoms with E-state index < -0.39 is 25.9 Å². The maximum atomic E-state index is 13.2. The third kappa shape index (κ3) is 4.08. The minimum absolute atomic E-state index is 0.0150. The molecule has 1 fully saturated rings. The van der Waals surface area contributed by atoms with Crippen LogP contribution in [-0.4, -0.2) is 45.8 Å². The van der Waals surface area contributed by atoms with E-state index in [1.165, 1.54) is 23.5 Å². The molecule has 8 heteroatoms. The number of hydrogen-bond donors (Lipinski definition) is 0. The standard InChI is InChI=1S/C18H21NO5S2/c1-24-17-7-9-18(10-8-17)26(22,23)19(13-15-5-3-2-4-6-15)16-11-12-25(20,21)14-16/h2-10,16H,11-14H2,1H3/t16-/m1/s1. The van der Waals surface area contributed by atoms with Gasteiger partial charge < -0.3 is 4.74 Å². The zero-order chi connectivity index (χ0) is 18.8.